The third-order valence-electron chi connectivity index (χ3n) is 3.63. The number of imidazole rings is 1. The smallest absolute Gasteiger partial charge is 0.0951 e. The predicted molar refractivity (Wildman–Crippen MR) is 73.5 cm³/mol. The van der Waals surface area contributed by atoms with Crippen LogP contribution in [0.2, 0.25) is 0 Å². The monoisotopic (exact) mass is 251 g/mol. The fourth-order valence-corrected chi connectivity index (χ4v) is 2.27. The van der Waals surface area contributed by atoms with E-state index < -0.39 is 0 Å². The van der Waals surface area contributed by atoms with Gasteiger partial charge in [-0.1, -0.05) is 0 Å². The zero-order valence-corrected chi connectivity index (χ0v) is 11.7. The summed E-state index contributed by atoms with van der Waals surface area (Å²) in [5.74, 6) is 0. The Morgan fingerprint density at radius 3 is 2.67 bits per heavy atom. The van der Waals surface area contributed by atoms with Crippen LogP contribution in [0.1, 0.15) is 30.6 Å². The maximum atomic E-state index is 5.96. The fraction of sp³-hybridized carbons (Fsp3) is 0.769. The Balaban J connectivity index is 2.04. The van der Waals surface area contributed by atoms with Crippen LogP contribution in [0.3, 0.4) is 0 Å². The Hall–Kier alpha value is -0.910. The van der Waals surface area contributed by atoms with Gasteiger partial charge in [0.2, 0.25) is 0 Å². The zero-order chi connectivity index (χ0) is 13.1. The predicted octanol–water partition coefficient (Wildman–Crippen LogP) is 0.711. The van der Waals surface area contributed by atoms with Crippen molar-refractivity contribution in [1.82, 2.24) is 19.4 Å². The van der Waals surface area contributed by atoms with Crippen molar-refractivity contribution in [1.29, 1.82) is 0 Å². The van der Waals surface area contributed by atoms with Crippen LogP contribution in [0, 0.1) is 0 Å². The van der Waals surface area contributed by atoms with E-state index in [-0.39, 0.29) is 6.04 Å². The summed E-state index contributed by atoms with van der Waals surface area (Å²) in [7, 11) is 6.34. The molecule has 0 amide bonds. The van der Waals surface area contributed by atoms with Crippen molar-refractivity contribution in [3.05, 3.63) is 18.2 Å². The summed E-state index contributed by atoms with van der Waals surface area (Å²) in [6.07, 6.45) is 6.49. The molecule has 0 spiro atoms. The number of hydrogen-bond acceptors (Lipinski definition) is 4. The van der Waals surface area contributed by atoms with Gasteiger partial charge in [0.15, 0.2) is 0 Å². The van der Waals surface area contributed by atoms with Crippen molar-refractivity contribution in [2.45, 2.75) is 24.9 Å². The minimum Gasteiger partial charge on any atom is -0.330 e. The first kappa shape index (κ1) is 13.5. The average molecular weight is 251 g/mol. The first-order chi connectivity index (χ1) is 8.63. The van der Waals surface area contributed by atoms with Gasteiger partial charge in [0.1, 0.15) is 0 Å². The Morgan fingerprint density at radius 1 is 1.39 bits per heavy atom. The lowest BCUT2D eigenvalue weighted by atomic mass is 10.2. The van der Waals surface area contributed by atoms with E-state index in [4.69, 9.17) is 5.73 Å². The van der Waals surface area contributed by atoms with Gasteiger partial charge in [-0.05, 0) is 34.0 Å². The molecule has 5 heteroatoms. The molecule has 0 aliphatic heterocycles. The molecule has 0 aromatic carbocycles. The summed E-state index contributed by atoms with van der Waals surface area (Å²) < 4.78 is 2.31. The van der Waals surface area contributed by atoms with Gasteiger partial charge in [0, 0.05) is 31.9 Å². The van der Waals surface area contributed by atoms with E-state index in [1.807, 2.05) is 12.5 Å². The molecule has 1 unspecified atom stereocenters. The third-order valence-corrected chi connectivity index (χ3v) is 3.63. The fourth-order valence-electron chi connectivity index (χ4n) is 2.27. The third kappa shape index (κ3) is 3.10. The van der Waals surface area contributed by atoms with E-state index in [1.165, 1.54) is 18.5 Å². The van der Waals surface area contributed by atoms with Gasteiger partial charge < -0.3 is 15.2 Å². The first-order valence-corrected chi connectivity index (χ1v) is 6.70. The minimum atomic E-state index is 0.271. The molecule has 1 fully saturated rings. The summed E-state index contributed by atoms with van der Waals surface area (Å²) in [4.78, 5) is 8.83. The van der Waals surface area contributed by atoms with E-state index in [9.17, 15) is 0 Å². The van der Waals surface area contributed by atoms with Crippen LogP contribution in [-0.4, -0.2) is 60.1 Å². The van der Waals surface area contributed by atoms with Crippen LogP contribution in [0.25, 0.3) is 0 Å². The number of likely N-dealkylation sites (N-methyl/N-ethyl adjacent to an activating group) is 2. The number of hydrogen-bond donors (Lipinski definition) is 1. The number of rotatable bonds is 7. The van der Waals surface area contributed by atoms with Crippen molar-refractivity contribution in [3.63, 3.8) is 0 Å². The van der Waals surface area contributed by atoms with Crippen molar-refractivity contribution in [2.24, 2.45) is 5.73 Å². The van der Waals surface area contributed by atoms with Gasteiger partial charge in [-0.2, -0.15) is 0 Å². The van der Waals surface area contributed by atoms with E-state index >= 15 is 0 Å². The lowest BCUT2D eigenvalue weighted by Crippen LogP contribution is -2.36. The van der Waals surface area contributed by atoms with Crippen molar-refractivity contribution < 1.29 is 0 Å². The van der Waals surface area contributed by atoms with E-state index in [2.05, 4.69) is 40.5 Å². The molecule has 2 rings (SSSR count). The highest BCUT2D eigenvalue weighted by molar-refractivity contribution is 5.09. The first-order valence-electron chi connectivity index (χ1n) is 6.70. The topological polar surface area (TPSA) is 50.3 Å². The second-order valence-corrected chi connectivity index (χ2v) is 5.49. The summed E-state index contributed by atoms with van der Waals surface area (Å²) in [6, 6.07) is 0.937. The van der Waals surface area contributed by atoms with Crippen LogP contribution in [-0.2, 0) is 0 Å². The van der Waals surface area contributed by atoms with Gasteiger partial charge in [-0.25, -0.2) is 4.98 Å². The molecule has 1 saturated carbocycles. The highest BCUT2D eigenvalue weighted by Crippen LogP contribution is 2.37. The summed E-state index contributed by atoms with van der Waals surface area (Å²) in [5.41, 5.74) is 7.23. The highest BCUT2D eigenvalue weighted by Gasteiger charge is 2.28. The van der Waals surface area contributed by atoms with Gasteiger partial charge in [-0.3, -0.25) is 4.90 Å². The van der Waals surface area contributed by atoms with Crippen molar-refractivity contribution in [3.8, 4) is 0 Å². The summed E-state index contributed by atoms with van der Waals surface area (Å²) in [5, 5.41) is 0. The Labute approximate surface area is 110 Å². The zero-order valence-electron chi connectivity index (χ0n) is 11.7. The van der Waals surface area contributed by atoms with Crippen LogP contribution in [0.5, 0.6) is 0 Å². The molecule has 1 aliphatic rings. The quantitative estimate of drug-likeness (QED) is 0.775. The Morgan fingerprint density at radius 2 is 2.11 bits per heavy atom. The SMILES string of the molecule is CN(C)CCN(C)C(CN)c1cncn1C1CC1. The molecular weight excluding hydrogens is 226 g/mol. The minimum absolute atomic E-state index is 0.271. The highest BCUT2D eigenvalue weighted by atomic mass is 15.2. The molecular formula is C13H25N5. The molecule has 0 radical (unpaired) electrons. The number of nitrogens with two attached hydrogens (primary N) is 1. The Kier molecular flexibility index (Phi) is 4.37. The summed E-state index contributed by atoms with van der Waals surface area (Å²) >= 11 is 0. The maximum Gasteiger partial charge on any atom is 0.0951 e. The second-order valence-electron chi connectivity index (χ2n) is 5.49. The average Bonchev–Trinajstić information content (AvgIpc) is 3.07. The standard InChI is InChI=1S/C13H25N5/c1-16(2)6-7-17(3)12(8-14)13-9-15-10-18(13)11-4-5-11/h9-12H,4-8,14H2,1-3H3. The molecule has 18 heavy (non-hydrogen) atoms. The normalized spacial score (nSPS) is 17.7. The van der Waals surface area contributed by atoms with Gasteiger partial charge in [0.05, 0.1) is 18.1 Å². The van der Waals surface area contributed by atoms with Crippen molar-refractivity contribution in [2.75, 3.05) is 40.8 Å². The second kappa shape index (κ2) is 5.82. The molecule has 1 aromatic heterocycles. The molecule has 1 aliphatic carbocycles. The molecule has 1 heterocycles. The van der Waals surface area contributed by atoms with E-state index in [0.717, 1.165) is 13.1 Å². The lowest BCUT2D eigenvalue weighted by Gasteiger charge is -2.28. The Bertz CT molecular complexity index is 369. The molecule has 5 nitrogen and oxygen atoms in total. The van der Waals surface area contributed by atoms with Gasteiger partial charge in [-0.15, -0.1) is 0 Å². The van der Waals surface area contributed by atoms with E-state index in [0.29, 0.717) is 12.6 Å². The maximum absolute atomic E-state index is 5.96. The van der Waals surface area contributed by atoms with Crippen molar-refractivity contribution >= 4 is 0 Å². The molecule has 102 valence electrons. The van der Waals surface area contributed by atoms with Crippen LogP contribution < -0.4 is 5.73 Å². The van der Waals surface area contributed by atoms with Gasteiger partial charge >= 0.3 is 0 Å². The largest absolute Gasteiger partial charge is 0.330 e. The van der Waals surface area contributed by atoms with Crippen LogP contribution in [0.15, 0.2) is 12.5 Å². The summed E-state index contributed by atoms with van der Waals surface area (Å²) in [6.45, 7) is 2.71. The molecule has 2 N–H and O–H groups in total. The van der Waals surface area contributed by atoms with E-state index in [1.54, 1.807) is 0 Å². The number of nitrogens with zero attached hydrogens (tertiary/aromatic N) is 4. The molecule has 0 saturated heterocycles. The molecule has 0 bridgehead atoms. The lowest BCUT2D eigenvalue weighted by molar-refractivity contribution is 0.215. The van der Waals surface area contributed by atoms with Crippen LogP contribution in [0.4, 0.5) is 0 Å². The van der Waals surface area contributed by atoms with Crippen LogP contribution >= 0.6 is 0 Å². The molecule has 1 aromatic rings. The van der Waals surface area contributed by atoms with Gasteiger partial charge in [0.25, 0.3) is 0 Å². The number of aromatic nitrogens is 2. The molecule has 1 atom stereocenters.